The van der Waals surface area contributed by atoms with Crippen molar-refractivity contribution in [3.63, 3.8) is 0 Å². The summed E-state index contributed by atoms with van der Waals surface area (Å²) in [5.74, 6) is 0.248. The van der Waals surface area contributed by atoms with Gasteiger partial charge in [0.1, 0.15) is 5.75 Å². The average molecular weight is 349 g/mol. The molecule has 0 spiro atoms. The number of hydrogen-bond acceptors (Lipinski definition) is 4. The minimum absolute atomic E-state index is 0.0769. The molecule has 0 aromatic heterocycles. The highest BCUT2D eigenvalue weighted by molar-refractivity contribution is 6.34. The summed E-state index contributed by atoms with van der Waals surface area (Å²) >= 11 is 6.20. The van der Waals surface area contributed by atoms with Crippen LogP contribution in [0.5, 0.6) is 5.75 Å². The Kier molecular flexibility index (Phi) is 6.06. The van der Waals surface area contributed by atoms with Gasteiger partial charge < -0.3 is 20.1 Å². The molecule has 128 valence electrons. The molecule has 2 N–H and O–H groups in total. The van der Waals surface area contributed by atoms with Crippen molar-refractivity contribution in [2.75, 3.05) is 24.3 Å². The summed E-state index contributed by atoms with van der Waals surface area (Å²) in [5.41, 5.74) is 2.09. The third-order valence-electron chi connectivity index (χ3n) is 3.45. The number of aliphatic hydroxyl groups is 1. The standard InChI is InChI=1S/C18H21ClN2O3/c1-12(24-14-7-4-6-13(10-14)11-22)18(23)20-16-9-5-8-15(19)17(16)21(2)3/h4-10,12,22H,11H2,1-3H3,(H,20,23). The van der Waals surface area contributed by atoms with Crippen molar-refractivity contribution >= 4 is 28.9 Å². The molecule has 0 aliphatic heterocycles. The van der Waals surface area contributed by atoms with E-state index >= 15 is 0 Å². The van der Waals surface area contributed by atoms with Crippen LogP contribution in [0.3, 0.4) is 0 Å². The first kappa shape index (κ1) is 18.1. The van der Waals surface area contributed by atoms with Crippen molar-refractivity contribution in [3.05, 3.63) is 53.1 Å². The normalized spacial score (nSPS) is 11.7. The van der Waals surface area contributed by atoms with Gasteiger partial charge in [0, 0.05) is 14.1 Å². The Hall–Kier alpha value is -2.24. The molecule has 2 aromatic carbocycles. The number of ether oxygens (including phenoxy) is 1. The maximum absolute atomic E-state index is 12.4. The quantitative estimate of drug-likeness (QED) is 0.840. The molecule has 1 unspecified atom stereocenters. The Balaban J connectivity index is 2.11. The van der Waals surface area contributed by atoms with Crippen LogP contribution in [0.2, 0.25) is 5.02 Å². The van der Waals surface area contributed by atoms with Crippen molar-refractivity contribution < 1.29 is 14.6 Å². The maximum atomic E-state index is 12.4. The fraction of sp³-hybridized carbons (Fsp3) is 0.278. The Morgan fingerprint density at radius 3 is 2.67 bits per heavy atom. The number of hydrogen-bond donors (Lipinski definition) is 2. The Labute approximate surface area is 146 Å². The number of carbonyl (C=O) groups is 1. The lowest BCUT2D eigenvalue weighted by molar-refractivity contribution is -0.122. The second-order valence-corrected chi connectivity index (χ2v) is 5.99. The molecule has 2 rings (SSSR count). The predicted octanol–water partition coefficient (Wildman–Crippen LogP) is 3.30. The van der Waals surface area contributed by atoms with E-state index < -0.39 is 6.10 Å². The van der Waals surface area contributed by atoms with Crippen molar-refractivity contribution in [1.82, 2.24) is 0 Å². The van der Waals surface area contributed by atoms with Crippen molar-refractivity contribution in [2.24, 2.45) is 0 Å². The molecule has 1 amide bonds. The lowest BCUT2D eigenvalue weighted by Gasteiger charge is -2.21. The number of anilines is 2. The molecule has 5 nitrogen and oxygen atoms in total. The topological polar surface area (TPSA) is 61.8 Å². The van der Waals surface area contributed by atoms with Gasteiger partial charge in [-0.1, -0.05) is 29.8 Å². The van der Waals surface area contributed by atoms with Crippen molar-refractivity contribution in [1.29, 1.82) is 0 Å². The van der Waals surface area contributed by atoms with Gasteiger partial charge in [-0.25, -0.2) is 0 Å². The number of carbonyl (C=O) groups excluding carboxylic acids is 1. The summed E-state index contributed by atoms with van der Waals surface area (Å²) in [6, 6.07) is 12.3. The number of rotatable bonds is 6. The zero-order valence-electron chi connectivity index (χ0n) is 13.9. The number of benzene rings is 2. The summed E-state index contributed by atoms with van der Waals surface area (Å²) in [5, 5.41) is 12.6. The van der Waals surface area contributed by atoms with Gasteiger partial charge in [0.25, 0.3) is 5.91 Å². The molecular weight excluding hydrogens is 328 g/mol. The summed E-state index contributed by atoms with van der Waals surface area (Å²) in [6.07, 6.45) is -0.701. The van der Waals surface area contributed by atoms with E-state index in [4.69, 9.17) is 21.4 Å². The van der Waals surface area contributed by atoms with E-state index in [9.17, 15) is 4.79 Å². The summed E-state index contributed by atoms with van der Waals surface area (Å²) in [4.78, 5) is 14.3. The smallest absolute Gasteiger partial charge is 0.265 e. The highest BCUT2D eigenvalue weighted by Gasteiger charge is 2.18. The van der Waals surface area contributed by atoms with Crippen LogP contribution in [0.15, 0.2) is 42.5 Å². The van der Waals surface area contributed by atoms with E-state index in [-0.39, 0.29) is 12.5 Å². The molecule has 24 heavy (non-hydrogen) atoms. The molecule has 6 heteroatoms. The van der Waals surface area contributed by atoms with Gasteiger partial charge in [0.2, 0.25) is 0 Å². The molecule has 0 bridgehead atoms. The lowest BCUT2D eigenvalue weighted by Crippen LogP contribution is -2.30. The van der Waals surface area contributed by atoms with Gasteiger partial charge in [-0.2, -0.15) is 0 Å². The molecule has 0 heterocycles. The van der Waals surface area contributed by atoms with Gasteiger partial charge in [-0.05, 0) is 36.8 Å². The monoisotopic (exact) mass is 348 g/mol. The SMILES string of the molecule is CC(Oc1cccc(CO)c1)C(=O)Nc1cccc(Cl)c1N(C)C. The third kappa shape index (κ3) is 4.40. The first-order valence-electron chi connectivity index (χ1n) is 7.55. The average Bonchev–Trinajstić information content (AvgIpc) is 2.54. The van der Waals surface area contributed by atoms with Crippen LogP contribution in [0.4, 0.5) is 11.4 Å². The Morgan fingerprint density at radius 1 is 1.29 bits per heavy atom. The molecule has 0 aliphatic carbocycles. The van der Waals surface area contributed by atoms with E-state index in [0.29, 0.717) is 16.5 Å². The Morgan fingerprint density at radius 2 is 2.00 bits per heavy atom. The van der Waals surface area contributed by atoms with E-state index in [1.807, 2.05) is 19.0 Å². The number of nitrogens with one attached hydrogen (secondary N) is 1. The summed E-state index contributed by atoms with van der Waals surface area (Å²) in [7, 11) is 3.72. The maximum Gasteiger partial charge on any atom is 0.265 e. The van der Waals surface area contributed by atoms with Crippen LogP contribution in [0, 0.1) is 0 Å². The minimum Gasteiger partial charge on any atom is -0.481 e. The largest absolute Gasteiger partial charge is 0.481 e. The molecular formula is C18H21ClN2O3. The highest BCUT2D eigenvalue weighted by Crippen LogP contribution is 2.32. The zero-order valence-corrected chi connectivity index (χ0v) is 14.7. The second kappa shape index (κ2) is 8.04. The number of amides is 1. The Bertz CT molecular complexity index is 719. The summed E-state index contributed by atoms with van der Waals surface area (Å²) in [6.45, 7) is 1.59. The van der Waals surface area contributed by atoms with Gasteiger partial charge in [-0.3, -0.25) is 4.79 Å². The fourth-order valence-electron chi connectivity index (χ4n) is 2.28. The van der Waals surface area contributed by atoms with E-state index in [1.165, 1.54) is 0 Å². The van der Waals surface area contributed by atoms with Crippen molar-refractivity contribution in [3.8, 4) is 5.75 Å². The molecule has 2 aromatic rings. The second-order valence-electron chi connectivity index (χ2n) is 5.59. The van der Waals surface area contributed by atoms with E-state index in [0.717, 1.165) is 11.3 Å². The molecule has 0 saturated carbocycles. The zero-order chi connectivity index (χ0) is 17.7. The molecule has 0 aliphatic rings. The first-order valence-corrected chi connectivity index (χ1v) is 7.93. The molecule has 0 saturated heterocycles. The first-order chi connectivity index (χ1) is 11.4. The van der Waals surface area contributed by atoms with Crippen LogP contribution >= 0.6 is 11.6 Å². The predicted molar refractivity (Wildman–Crippen MR) is 96.9 cm³/mol. The molecule has 0 fully saturated rings. The summed E-state index contributed by atoms with van der Waals surface area (Å²) < 4.78 is 5.65. The van der Waals surface area contributed by atoms with Crippen LogP contribution in [0.1, 0.15) is 12.5 Å². The van der Waals surface area contributed by atoms with Gasteiger partial charge >= 0.3 is 0 Å². The van der Waals surface area contributed by atoms with Crippen LogP contribution < -0.4 is 15.0 Å². The third-order valence-corrected chi connectivity index (χ3v) is 3.76. The van der Waals surface area contributed by atoms with Crippen molar-refractivity contribution in [2.45, 2.75) is 19.6 Å². The lowest BCUT2D eigenvalue weighted by atomic mass is 10.2. The van der Waals surface area contributed by atoms with Gasteiger partial charge in [-0.15, -0.1) is 0 Å². The number of para-hydroxylation sites is 1. The van der Waals surface area contributed by atoms with Crippen LogP contribution in [-0.2, 0) is 11.4 Å². The fourth-order valence-corrected chi connectivity index (χ4v) is 2.62. The molecule has 1 atom stereocenters. The van der Waals surface area contributed by atoms with E-state index in [1.54, 1.807) is 49.4 Å². The highest BCUT2D eigenvalue weighted by atomic mass is 35.5. The van der Waals surface area contributed by atoms with E-state index in [2.05, 4.69) is 5.32 Å². The number of aliphatic hydroxyl groups excluding tert-OH is 1. The number of nitrogens with zero attached hydrogens (tertiary/aromatic N) is 1. The van der Waals surface area contributed by atoms with Gasteiger partial charge in [0.15, 0.2) is 6.10 Å². The van der Waals surface area contributed by atoms with Crippen LogP contribution in [0.25, 0.3) is 0 Å². The minimum atomic E-state index is -0.701. The number of halogens is 1. The van der Waals surface area contributed by atoms with Crippen LogP contribution in [-0.4, -0.2) is 31.2 Å². The van der Waals surface area contributed by atoms with Gasteiger partial charge in [0.05, 0.1) is 23.0 Å². The molecule has 0 radical (unpaired) electrons.